The van der Waals surface area contributed by atoms with Crippen LogP contribution in [0.25, 0.3) is 11.1 Å². The average molecular weight is 465 g/mol. The SMILES string of the molecule is CCCN(CCc1ccc(-c2ccccc2)cc1)C(=O)C1=C(NC(C)=O)C(O)C=C(C(=O)O)O1. The van der Waals surface area contributed by atoms with Crippen molar-refractivity contribution < 1.29 is 29.3 Å². The molecule has 8 heteroatoms. The maximum atomic E-state index is 13.3. The third-order valence-electron chi connectivity index (χ3n) is 5.29. The summed E-state index contributed by atoms with van der Waals surface area (Å²) in [6, 6.07) is 18.1. The predicted molar refractivity (Wildman–Crippen MR) is 126 cm³/mol. The Kier molecular flexibility index (Phi) is 8.21. The first-order valence-electron chi connectivity index (χ1n) is 11.1. The molecule has 8 nitrogen and oxygen atoms in total. The molecule has 2 aromatic carbocycles. The van der Waals surface area contributed by atoms with E-state index >= 15 is 0 Å². The minimum atomic E-state index is -1.49. The number of carbonyl (C=O) groups is 3. The molecule has 0 saturated carbocycles. The number of hydrogen-bond donors (Lipinski definition) is 3. The lowest BCUT2D eigenvalue weighted by atomic mass is 10.0. The number of benzene rings is 2. The van der Waals surface area contributed by atoms with Crippen molar-refractivity contribution in [1.82, 2.24) is 10.2 Å². The molecular weight excluding hydrogens is 436 g/mol. The third kappa shape index (κ3) is 6.11. The number of carboxylic acids is 1. The first-order valence-corrected chi connectivity index (χ1v) is 11.1. The van der Waals surface area contributed by atoms with Crippen molar-refractivity contribution in [1.29, 1.82) is 0 Å². The summed E-state index contributed by atoms with van der Waals surface area (Å²) >= 11 is 0. The molecule has 1 heterocycles. The molecule has 34 heavy (non-hydrogen) atoms. The molecule has 0 aromatic heterocycles. The van der Waals surface area contributed by atoms with Crippen LogP contribution in [-0.4, -0.2) is 52.1 Å². The zero-order valence-corrected chi connectivity index (χ0v) is 19.2. The van der Waals surface area contributed by atoms with E-state index in [1.54, 1.807) is 0 Å². The number of amides is 2. The summed E-state index contributed by atoms with van der Waals surface area (Å²) in [6.07, 6.45) is 0.666. The van der Waals surface area contributed by atoms with Crippen LogP contribution in [0.5, 0.6) is 0 Å². The number of ether oxygens (including phenoxy) is 1. The van der Waals surface area contributed by atoms with E-state index in [9.17, 15) is 24.6 Å². The van der Waals surface area contributed by atoms with Crippen LogP contribution < -0.4 is 5.32 Å². The van der Waals surface area contributed by atoms with Gasteiger partial charge in [-0.25, -0.2) is 4.79 Å². The van der Waals surface area contributed by atoms with E-state index in [0.717, 1.165) is 22.8 Å². The fourth-order valence-electron chi connectivity index (χ4n) is 3.64. The second-order valence-corrected chi connectivity index (χ2v) is 7.91. The van der Waals surface area contributed by atoms with Crippen molar-refractivity contribution in [2.45, 2.75) is 32.8 Å². The van der Waals surface area contributed by atoms with Gasteiger partial charge in [-0.2, -0.15) is 0 Å². The molecule has 0 radical (unpaired) electrons. The van der Waals surface area contributed by atoms with Gasteiger partial charge in [0.1, 0.15) is 6.10 Å². The fourth-order valence-corrected chi connectivity index (χ4v) is 3.64. The van der Waals surface area contributed by atoms with Crippen molar-refractivity contribution >= 4 is 17.8 Å². The molecule has 1 aliphatic rings. The van der Waals surface area contributed by atoms with E-state index < -0.39 is 35.4 Å². The van der Waals surface area contributed by atoms with Crippen molar-refractivity contribution in [2.24, 2.45) is 0 Å². The van der Waals surface area contributed by atoms with Crippen molar-refractivity contribution in [2.75, 3.05) is 13.1 Å². The Labute approximate surface area is 198 Å². The van der Waals surface area contributed by atoms with Gasteiger partial charge in [-0.3, -0.25) is 9.59 Å². The van der Waals surface area contributed by atoms with E-state index in [-0.39, 0.29) is 5.70 Å². The summed E-state index contributed by atoms with van der Waals surface area (Å²) in [6.45, 7) is 3.88. The Morgan fingerprint density at radius 3 is 2.24 bits per heavy atom. The standard InChI is InChI=1S/C26H28N2O6/c1-3-14-28(15-13-18-9-11-20(12-10-18)19-7-5-4-6-8-19)25(31)24-23(27-17(2)29)21(30)16-22(34-24)26(32)33/h4-12,16,21,30H,3,13-15H2,1-2H3,(H,27,29)(H,32,33). The van der Waals surface area contributed by atoms with Gasteiger partial charge in [0.15, 0.2) is 0 Å². The summed E-state index contributed by atoms with van der Waals surface area (Å²) in [5.41, 5.74) is 3.06. The first-order chi connectivity index (χ1) is 16.3. The number of aliphatic hydroxyl groups excluding tert-OH is 1. The second-order valence-electron chi connectivity index (χ2n) is 7.91. The molecular formula is C26H28N2O6. The zero-order valence-electron chi connectivity index (χ0n) is 19.2. The number of carboxylic acid groups (broad SMARTS) is 1. The highest BCUT2D eigenvalue weighted by molar-refractivity contribution is 5.96. The maximum absolute atomic E-state index is 13.3. The Morgan fingerprint density at radius 2 is 1.65 bits per heavy atom. The molecule has 0 fully saturated rings. The molecule has 1 unspecified atom stereocenters. The molecule has 0 spiro atoms. The van der Waals surface area contributed by atoms with Crippen LogP contribution in [0.1, 0.15) is 25.8 Å². The summed E-state index contributed by atoms with van der Waals surface area (Å²) in [4.78, 5) is 37.8. The van der Waals surface area contributed by atoms with Crippen LogP contribution in [0.4, 0.5) is 0 Å². The number of nitrogens with one attached hydrogen (secondary N) is 1. The third-order valence-corrected chi connectivity index (χ3v) is 5.29. The van der Waals surface area contributed by atoms with Gasteiger partial charge in [0.05, 0.1) is 5.70 Å². The van der Waals surface area contributed by atoms with Crippen molar-refractivity contribution in [3.8, 4) is 11.1 Å². The Balaban J connectivity index is 1.78. The van der Waals surface area contributed by atoms with E-state index in [1.165, 1.54) is 11.8 Å². The summed E-state index contributed by atoms with van der Waals surface area (Å²) in [7, 11) is 0. The number of rotatable bonds is 9. The number of aliphatic hydroxyl groups is 1. The van der Waals surface area contributed by atoms with Gasteiger partial charge in [0.2, 0.25) is 17.4 Å². The van der Waals surface area contributed by atoms with Gasteiger partial charge in [-0.05, 0) is 29.5 Å². The van der Waals surface area contributed by atoms with Gasteiger partial charge in [0, 0.05) is 26.1 Å². The van der Waals surface area contributed by atoms with Crippen LogP contribution in [0.15, 0.2) is 77.9 Å². The minimum absolute atomic E-state index is 0.171. The lowest BCUT2D eigenvalue weighted by Crippen LogP contribution is -2.41. The fraction of sp³-hybridized carbons (Fsp3) is 0.269. The van der Waals surface area contributed by atoms with Gasteiger partial charge >= 0.3 is 5.97 Å². The monoisotopic (exact) mass is 464 g/mol. The van der Waals surface area contributed by atoms with Crippen LogP contribution >= 0.6 is 0 Å². The number of carbonyl (C=O) groups excluding carboxylic acids is 2. The van der Waals surface area contributed by atoms with Gasteiger partial charge in [-0.15, -0.1) is 0 Å². The highest BCUT2D eigenvalue weighted by Gasteiger charge is 2.33. The average Bonchev–Trinajstić information content (AvgIpc) is 2.83. The minimum Gasteiger partial charge on any atom is -0.475 e. The maximum Gasteiger partial charge on any atom is 0.371 e. The molecule has 1 atom stereocenters. The molecule has 178 valence electrons. The Morgan fingerprint density at radius 1 is 1.00 bits per heavy atom. The molecule has 0 aliphatic carbocycles. The summed E-state index contributed by atoms with van der Waals surface area (Å²) < 4.78 is 5.31. The lowest BCUT2D eigenvalue weighted by molar-refractivity contribution is -0.137. The van der Waals surface area contributed by atoms with E-state index in [2.05, 4.69) is 5.32 Å². The quantitative estimate of drug-likeness (QED) is 0.526. The normalized spacial score (nSPS) is 15.3. The molecule has 2 aromatic rings. The Hall–Kier alpha value is -3.91. The van der Waals surface area contributed by atoms with E-state index in [0.29, 0.717) is 25.9 Å². The topological polar surface area (TPSA) is 116 Å². The number of nitrogens with zero attached hydrogens (tertiary/aromatic N) is 1. The van der Waals surface area contributed by atoms with Crippen LogP contribution in [0, 0.1) is 0 Å². The largest absolute Gasteiger partial charge is 0.475 e. The number of hydrogen-bond acceptors (Lipinski definition) is 5. The van der Waals surface area contributed by atoms with E-state index in [1.807, 2.05) is 61.5 Å². The highest BCUT2D eigenvalue weighted by Crippen LogP contribution is 2.24. The number of aliphatic carboxylic acids is 1. The van der Waals surface area contributed by atoms with Gasteiger partial charge in [-0.1, -0.05) is 61.5 Å². The first kappa shape index (κ1) is 24.7. The van der Waals surface area contributed by atoms with Crippen molar-refractivity contribution in [3.63, 3.8) is 0 Å². The van der Waals surface area contributed by atoms with Crippen LogP contribution in [-0.2, 0) is 25.5 Å². The zero-order chi connectivity index (χ0) is 24.7. The molecule has 3 rings (SSSR count). The smallest absolute Gasteiger partial charge is 0.371 e. The van der Waals surface area contributed by atoms with Gasteiger partial charge < -0.3 is 25.2 Å². The van der Waals surface area contributed by atoms with E-state index in [4.69, 9.17) is 4.74 Å². The van der Waals surface area contributed by atoms with Gasteiger partial charge in [0.25, 0.3) is 5.91 Å². The molecule has 1 aliphatic heterocycles. The molecule has 3 N–H and O–H groups in total. The highest BCUT2D eigenvalue weighted by atomic mass is 16.5. The summed E-state index contributed by atoms with van der Waals surface area (Å²) in [5, 5.41) is 22.0. The van der Waals surface area contributed by atoms with Crippen molar-refractivity contribution in [3.05, 3.63) is 83.5 Å². The molecule has 2 amide bonds. The second kappa shape index (κ2) is 11.3. The molecule has 0 saturated heterocycles. The summed E-state index contributed by atoms with van der Waals surface area (Å²) in [5.74, 6) is -3.51. The van der Waals surface area contributed by atoms with Crippen LogP contribution in [0.2, 0.25) is 0 Å². The molecule has 0 bridgehead atoms. The lowest BCUT2D eigenvalue weighted by Gasteiger charge is -2.28. The predicted octanol–water partition coefficient (Wildman–Crippen LogP) is 2.84. The van der Waals surface area contributed by atoms with Crippen LogP contribution in [0.3, 0.4) is 0 Å². The Bertz CT molecular complexity index is 1110.